The molecular weight excluding hydrogens is 190 g/mol. The predicted octanol–water partition coefficient (Wildman–Crippen LogP) is 1.45. The van der Waals surface area contributed by atoms with Crippen LogP contribution in [0.25, 0.3) is 10.9 Å². The minimum Gasteiger partial charge on any atom is -0.361 e. The summed E-state index contributed by atoms with van der Waals surface area (Å²) in [6.07, 6.45) is 1.86. The molecule has 0 fully saturated rings. The van der Waals surface area contributed by atoms with Gasteiger partial charge in [0.25, 0.3) is 0 Å². The molecule has 1 amide bonds. The second-order valence-electron chi connectivity index (χ2n) is 3.56. The molecule has 2 aromatic rings. The Labute approximate surface area is 87.5 Å². The van der Waals surface area contributed by atoms with Crippen molar-refractivity contribution in [3.05, 3.63) is 30.5 Å². The van der Waals surface area contributed by atoms with Gasteiger partial charge in [0.2, 0.25) is 5.91 Å². The lowest BCUT2D eigenvalue weighted by molar-refractivity contribution is -0.117. The molecule has 4 nitrogen and oxygen atoms in total. The highest BCUT2D eigenvalue weighted by molar-refractivity contribution is 5.96. The fourth-order valence-corrected chi connectivity index (χ4v) is 1.39. The number of fused-ring (bicyclic) bond motifs is 1. The number of hydrogen-bond acceptors (Lipinski definition) is 2. The average molecular weight is 203 g/mol. The van der Waals surface area contributed by atoms with Crippen molar-refractivity contribution in [1.82, 2.24) is 4.98 Å². The fraction of sp³-hybridized carbons (Fsp3) is 0.182. The maximum atomic E-state index is 11.3. The number of carbonyl (C=O) groups is 1. The Morgan fingerprint density at radius 2 is 2.27 bits per heavy atom. The van der Waals surface area contributed by atoms with Gasteiger partial charge in [-0.05, 0) is 31.2 Å². The van der Waals surface area contributed by atoms with Crippen molar-refractivity contribution >= 4 is 22.5 Å². The van der Waals surface area contributed by atoms with Crippen molar-refractivity contribution in [3.63, 3.8) is 0 Å². The van der Waals surface area contributed by atoms with Crippen LogP contribution >= 0.6 is 0 Å². The zero-order valence-electron chi connectivity index (χ0n) is 8.45. The predicted molar refractivity (Wildman–Crippen MR) is 60.6 cm³/mol. The third kappa shape index (κ3) is 1.99. The monoisotopic (exact) mass is 203 g/mol. The minimum atomic E-state index is -0.494. The summed E-state index contributed by atoms with van der Waals surface area (Å²) in [6, 6.07) is 7.14. The molecule has 78 valence electrons. The summed E-state index contributed by atoms with van der Waals surface area (Å²) in [5.74, 6) is -0.176. The number of rotatable bonds is 2. The molecule has 1 heterocycles. The van der Waals surface area contributed by atoms with Crippen LogP contribution in [0.15, 0.2) is 30.5 Å². The second kappa shape index (κ2) is 3.74. The van der Waals surface area contributed by atoms with Crippen molar-refractivity contribution < 1.29 is 4.79 Å². The fourth-order valence-electron chi connectivity index (χ4n) is 1.39. The van der Waals surface area contributed by atoms with Crippen LogP contribution in [-0.4, -0.2) is 16.9 Å². The molecule has 0 saturated heterocycles. The van der Waals surface area contributed by atoms with Gasteiger partial charge in [0, 0.05) is 22.8 Å². The molecule has 15 heavy (non-hydrogen) atoms. The summed E-state index contributed by atoms with van der Waals surface area (Å²) in [5, 5.41) is 3.81. The van der Waals surface area contributed by atoms with Gasteiger partial charge in [0.1, 0.15) is 0 Å². The maximum Gasteiger partial charge on any atom is 0.240 e. The SMILES string of the molecule is C[C@@H](N)C(=O)Nc1ccc2[nH]ccc2c1. The molecule has 2 rings (SSSR count). The summed E-state index contributed by atoms with van der Waals surface area (Å²) in [5.41, 5.74) is 7.28. The summed E-state index contributed by atoms with van der Waals surface area (Å²) in [4.78, 5) is 14.4. The van der Waals surface area contributed by atoms with Crippen LogP contribution in [-0.2, 0) is 4.79 Å². The van der Waals surface area contributed by atoms with Crippen LogP contribution in [0.2, 0.25) is 0 Å². The van der Waals surface area contributed by atoms with Gasteiger partial charge in [-0.3, -0.25) is 4.79 Å². The van der Waals surface area contributed by atoms with Gasteiger partial charge in [0.15, 0.2) is 0 Å². The number of aromatic amines is 1. The molecule has 1 aromatic carbocycles. The summed E-state index contributed by atoms with van der Waals surface area (Å²) in [6.45, 7) is 1.66. The quantitative estimate of drug-likeness (QED) is 0.691. The number of hydrogen-bond donors (Lipinski definition) is 3. The number of nitrogens with two attached hydrogens (primary N) is 1. The van der Waals surface area contributed by atoms with Crippen LogP contribution < -0.4 is 11.1 Å². The molecule has 0 aliphatic carbocycles. The van der Waals surface area contributed by atoms with Crippen LogP contribution in [0, 0.1) is 0 Å². The van der Waals surface area contributed by atoms with Crippen molar-refractivity contribution in [2.24, 2.45) is 5.73 Å². The van der Waals surface area contributed by atoms with Crippen molar-refractivity contribution in [1.29, 1.82) is 0 Å². The van der Waals surface area contributed by atoms with Crippen molar-refractivity contribution in [2.75, 3.05) is 5.32 Å². The standard InChI is InChI=1S/C11H13N3O/c1-7(12)11(15)14-9-2-3-10-8(6-9)4-5-13-10/h2-7,13H,12H2,1H3,(H,14,15)/t7-/m1/s1. The highest BCUT2D eigenvalue weighted by Crippen LogP contribution is 2.17. The first-order valence-corrected chi connectivity index (χ1v) is 4.80. The third-order valence-electron chi connectivity index (χ3n) is 2.23. The van der Waals surface area contributed by atoms with E-state index in [9.17, 15) is 4.79 Å². The van der Waals surface area contributed by atoms with E-state index in [-0.39, 0.29) is 5.91 Å². The molecule has 0 aliphatic rings. The zero-order chi connectivity index (χ0) is 10.8. The molecular formula is C11H13N3O. The van der Waals surface area contributed by atoms with E-state index in [0.717, 1.165) is 16.6 Å². The first kappa shape index (κ1) is 9.73. The zero-order valence-corrected chi connectivity index (χ0v) is 8.45. The number of nitrogens with one attached hydrogen (secondary N) is 2. The smallest absolute Gasteiger partial charge is 0.240 e. The first-order chi connectivity index (χ1) is 7.16. The Bertz CT molecular complexity index is 487. The van der Waals surface area contributed by atoms with E-state index in [1.54, 1.807) is 6.92 Å². The number of benzene rings is 1. The molecule has 0 aliphatic heterocycles. The van der Waals surface area contributed by atoms with Crippen LogP contribution in [0.1, 0.15) is 6.92 Å². The van der Waals surface area contributed by atoms with Gasteiger partial charge < -0.3 is 16.0 Å². The van der Waals surface area contributed by atoms with E-state index in [0.29, 0.717) is 0 Å². The van der Waals surface area contributed by atoms with E-state index in [4.69, 9.17) is 5.73 Å². The van der Waals surface area contributed by atoms with E-state index in [1.807, 2.05) is 30.5 Å². The summed E-state index contributed by atoms with van der Waals surface area (Å²) < 4.78 is 0. The number of H-pyrrole nitrogens is 1. The molecule has 0 unspecified atom stereocenters. The van der Waals surface area contributed by atoms with Crippen LogP contribution in [0.3, 0.4) is 0 Å². The molecule has 0 saturated carbocycles. The number of amides is 1. The first-order valence-electron chi connectivity index (χ1n) is 4.80. The minimum absolute atomic E-state index is 0.176. The van der Waals surface area contributed by atoms with E-state index >= 15 is 0 Å². The third-order valence-corrected chi connectivity index (χ3v) is 2.23. The molecule has 1 aromatic heterocycles. The van der Waals surface area contributed by atoms with E-state index in [2.05, 4.69) is 10.3 Å². The Balaban J connectivity index is 2.25. The van der Waals surface area contributed by atoms with Gasteiger partial charge >= 0.3 is 0 Å². The lowest BCUT2D eigenvalue weighted by Gasteiger charge is -2.07. The summed E-state index contributed by atoms with van der Waals surface area (Å²) >= 11 is 0. The van der Waals surface area contributed by atoms with E-state index in [1.165, 1.54) is 0 Å². The van der Waals surface area contributed by atoms with Gasteiger partial charge in [-0.25, -0.2) is 0 Å². The lowest BCUT2D eigenvalue weighted by atomic mass is 10.2. The number of anilines is 1. The number of aromatic nitrogens is 1. The molecule has 0 bridgehead atoms. The highest BCUT2D eigenvalue weighted by atomic mass is 16.2. The van der Waals surface area contributed by atoms with Gasteiger partial charge in [0.05, 0.1) is 6.04 Å². The van der Waals surface area contributed by atoms with E-state index < -0.39 is 6.04 Å². The maximum absolute atomic E-state index is 11.3. The Morgan fingerprint density at radius 1 is 1.47 bits per heavy atom. The van der Waals surface area contributed by atoms with Crippen molar-refractivity contribution in [3.8, 4) is 0 Å². The normalized spacial score (nSPS) is 12.7. The summed E-state index contributed by atoms with van der Waals surface area (Å²) in [7, 11) is 0. The second-order valence-corrected chi connectivity index (χ2v) is 3.56. The Kier molecular flexibility index (Phi) is 2.43. The lowest BCUT2D eigenvalue weighted by Crippen LogP contribution is -2.32. The largest absolute Gasteiger partial charge is 0.361 e. The van der Waals surface area contributed by atoms with Crippen molar-refractivity contribution in [2.45, 2.75) is 13.0 Å². The van der Waals surface area contributed by atoms with Crippen LogP contribution in [0.5, 0.6) is 0 Å². The highest BCUT2D eigenvalue weighted by Gasteiger charge is 2.07. The van der Waals surface area contributed by atoms with Gasteiger partial charge in [-0.2, -0.15) is 0 Å². The molecule has 1 atom stereocenters. The molecule has 4 N–H and O–H groups in total. The Hall–Kier alpha value is -1.81. The molecule has 0 radical (unpaired) electrons. The average Bonchev–Trinajstić information content (AvgIpc) is 2.64. The number of carbonyl (C=O) groups excluding carboxylic acids is 1. The molecule has 0 spiro atoms. The van der Waals surface area contributed by atoms with Gasteiger partial charge in [-0.15, -0.1) is 0 Å². The topological polar surface area (TPSA) is 70.9 Å². The molecule has 4 heteroatoms. The van der Waals surface area contributed by atoms with Gasteiger partial charge in [-0.1, -0.05) is 0 Å². The van der Waals surface area contributed by atoms with Crippen LogP contribution in [0.4, 0.5) is 5.69 Å². The Morgan fingerprint density at radius 3 is 3.00 bits per heavy atom.